The standard InChI is InChI=1S/C38H52N6O8S4/c1-41(2)33-13-5-11-29-27(33)9-7-15-35(29)55(49,50)39-31(37(45)46)17-19-43(23-25-53)21-22-44(24-26-54)20-18-32(38(47)48)40-56(51,52)36-16-8-10-28-30(36)12-6-14-34(28)42(3)4/h5-16,31-32,39-40,53-54H,17-26H2,1-4H3,(H,45,46)(H,47,48). The van der Waals surface area contributed by atoms with Crippen LogP contribution in [-0.4, -0.2) is 140 Å². The second-order valence-electron chi connectivity index (χ2n) is 13.8. The Morgan fingerprint density at radius 2 is 0.893 bits per heavy atom. The molecule has 56 heavy (non-hydrogen) atoms. The molecule has 14 nitrogen and oxygen atoms in total. The Labute approximate surface area is 340 Å². The Balaban J connectivity index is 1.42. The van der Waals surface area contributed by atoms with Crippen molar-refractivity contribution in [2.75, 3.05) is 88.8 Å². The summed E-state index contributed by atoms with van der Waals surface area (Å²) >= 11 is 8.74. The summed E-state index contributed by atoms with van der Waals surface area (Å²) in [6.07, 6.45) is -0.0641. The number of sulfonamides is 2. The predicted octanol–water partition coefficient (Wildman–Crippen LogP) is 3.53. The second kappa shape index (κ2) is 20.2. The largest absolute Gasteiger partial charge is 0.480 e. The highest BCUT2D eigenvalue weighted by Crippen LogP contribution is 2.31. The van der Waals surface area contributed by atoms with Crippen LogP contribution in [0.2, 0.25) is 0 Å². The lowest BCUT2D eigenvalue weighted by Crippen LogP contribution is -2.45. The maximum Gasteiger partial charge on any atom is 0.321 e. The summed E-state index contributed by atoms with van der Waals surface area (Å²) in [6.45, 7) is 2.27. The molecule has 4 rings (SSSR count). The fraction of sp³-hybridized carbons (Fsp3) is 0.421. The lowest BCUT2D eigenvalue weighted by Gasteiger charge is -2.29. The van der Waals surface area contributed by atoms with Crippen molar-refractivity contribution in [3.63, 3.8) is 0 Å². The van der Waals surface area contributed by atoms with Gasteiger partial charge in [0.05, 0.1) is 9.79 Å². The van der Waals surface area contributed by atoms with Gasteiger partial charge in [-0.2, -0.15) is 34.7 Å². The van der Waals surface area contributed by atoms with Gasteiger partial charge in [-0.25, -0.2) is 16.8 Å². The molecule has 0 saturated carbocycles. The number of carbonyl (C=O) groups is 2. The molecule has 2 atom stereocenters. The van der Waals surface area contributed by atoms with Crippen LogP contribution in [0.4, 0.5) is 11.4 Å². The number of anilines is 2. The highest BCUT2D eigenvalue weighted by atomic mass is 32.2. The Hall–Kier alpha value is -3.62. The number of carboxylic acid groups (broad SMARTS) is 2. The molecular formula is C38H52N6O8S4. The number of hydrogen-bond donors (Lipinski definition) is 6. The number of hydrogen-bond acceptors (Lipinski definition) is 12. The van der Waals surface area contributed by atoms with Gasteiger partial charge in [0, 0.05) is 112 Å². The van der Waals surface area contributed by atoms with Crippen LogP contribution >= 0.6 is 25.3 Å². The normalized spacial score (nSPS) is 13.4. The quantitative estimate of drug-likeness (QED) is 0.0600. The van der Waals surface area contributed by atoms with Crippen molar-refractivity contribution in [2.45, 2.75) is 34.7 Å². The number of nitrogens with one attached hydrogen (secondary N) is 2. The van der Waals surface area contributed by atoms with E-state index in [1.54, 1.807) is 36.4 Å². The molecule has 18 heteroatoms. The van der Waals surface area contributed by atoms with E-state index < -0.39 is 44.1 Å². The van der Waals surface area contributed by atoms with E-state index in [0.717, 1.165) is 11.4 Å². The highest BCUT2D eigenvalue weighted by Gasteiger charge is 2.29. The minimum absolute atomic E-state index is 0.0166. The van der Waals surface area contributed by atoms with Gasteiger partial charge in [0.15, 0.2) is 0 Å². The molecular weight excluding hydrogens is 797 g/mol. The van der Waals surface area contributed by atoms with Gasteiger partial charge in [0.25, 0.3) is 0 Å². The molecule has 0 saturated heterocycles. The predicted molar refractivity (Wildman–Crippen MR) is 230 cm³/mol. The topological polar surface area (TPSA) is 180 Å². The number of rotatable bonds is 23. The molecule has 4 aromatic rings. The van der Waals surface area contributed by atoms with E-state index in [-0.39, 0.29) is 35.7 Å². The van der Waals surface area contributed by atoms with Gasteiger partial charge in [-0.05, 0) is 37.1 Å². The lowest BCUT2D eigenvalue weighted by atomic mass is 10.1. The van der Waals surface area contributed by atoms with E-state index in [9.17, 15) is 36.6 Å². The molecule has 0 heterocycles. The number of benzene rings is 4. The SMILES string of the molecule is CN(C)c1cccc2c(S(=O)(=O)NC(CCN(CCS)CCN(CCS)CCC(NS(=O)(=O)c3cccc4c(N(C)C)cccc34)C(=O)O)C(=O)O)cccc12. The van der Waals surface area contributed by atoms with Crippen molar-refractivity contribution in [1.29, 1.82) is 0 Å². The first-order valence-corrected chi connectivity index (χ1v) is 22.3. The van der Waals surface area contributed by atoms with Crippen LogP contribution in [0.1, 0.15) is 12.8 Å². The highest BCUT2D eigenvalue weighted by molar-refractivity contribution is 7.90. The molecule has 0 bridgehead atoms. The summed E-state index contributed by atoms with van der Waals surface area (Å²) in [6, 6.07) is 17.6. The molecule has 0 aliphatic heterocycles. The minimum Gasteiger partial charge on any atom is -0.480 e. The Bertz CT molecular complexity index is 2050. The average Bonchev–Trinajstić information content (AvgIpc) is 3.15. The number of nitrogens with zero attached hydrogens (tertiary/aromatic N) is 4. The molecule has 0 aliphatic carbocycles. The van der Waals surface area contributed by atoms with Crippen molar-refractivity contribution >= 4 is 90.2 Å². The zero-order valence-corrected chi connectivity index (χ0v) is 35.4. The third kappa shape index (κ3) is 11.5. The summed E-state index contributed by atoms with van der Waals surface area (Å²) in [4.78, 5) is 32.3. The third-order valence-corrected chi connectivity index (χ3v) is 12.9. The molecule has 306 valence electrons. The second-order valence-corrected chi connectivity index (χ2v) is 18.0. The van der Waals surface area contributed by atoms with Crippen molar-refractivity contribution < 1.29 is 36.6 Å². The van der Waals surface area contributed by atoms with Gasteiger partial charge in [-0.15, -0.1) is 0 Å². The first-order chi connectivity index (χ1) is 26.5. The third-order valence-electron chi connectivity index (χ3n) is 9.48. The van der Waals surface area contributed by atoms with Crippen molar-refractivity contribution in [3.05, 3.63) is 72.8 Å². The van der Waals surface area contributed by atoms with E-state index in [1.165, 1.54) is 12.1 Å². The maximum atomic E-state index is 13.6. The number of fused-ring (bicyclic) bond motifs is 2. The van der Waals surface area contributed by atoms with Crippen LogP contribution in [0.25, 0.3) is 21.5 Å². The fourth-order valence-corrected chi connectivity index (χ4v) is 10.1. The van der Waals surface area contributed by atoms with Crippen LogP contribution < -0.4 is 19.2 Å². The van der Waals surface area contributed by atoms with Gasteiger partial charge in [0.2, 0.25) is 20.0 Å². The van der Waals surface area contributed by atoms with Crippen LogP contribution in [0.15, 0.2) is 82.6 Å². The molecule has 4 aromatic carbocycles. The lowest BCUT2D eigenvalue weighted by molar-refractivity contribution is -0.140. The minimum atomic E-state index is -4.24. The molecule has 0 aliphatic rings. The van der Waals surface area contributed by atoms with Crippen molar-refractivity contribution in [3.8, 4) is 0 Å². The van der Waals surface area contributed by atoms with E-state index in [2.05, 4.69) is 34.7 Å². The summed E-state index contributed by atoms with van der Waals surface area (Å²) in [5, 5.41) is 22.5. The van der Waals surface area contributed by atoms with Crippen molar-refractivity contribution in [1.82, 2.24) is 19.2 Å². The Morgan fingerprint density at radius 3 is 1.21 bits per heavy atom. The summed E-state index contributed by atoms with van der Waals surface area (Å²) in [5.41, 5.74) is 1.64. The van der Waals surface area contributed by atoms with Gasteiger partial charge < -0.3 is 29.8 Å². The van der Waals surface area contributed by atoms with E-state index >= 15 is 0 Å². The van der Waals surface area contributed by atoms with Gasteiger partial charge >= 0.3 is 11.9 Å². The molecule has 4 N–H and O–H groups in total. The Kier molecular flexibility index (Phi) is 16.3. The first-order valence-electron chi connectivity index (χ1n) is 18.1. The number of aliphatic carboxylic acids is 2. The smallest absolute Gasteiger partial charge is 0.321 e. The summed E-state index contributed by atoms with van der Waals surface area (Å²) in [5.74, 6) is -1.72. The monoisotopic (exact) mass is 848 g/mol. The Morgan fingerprint density at radius 1 is 0.554 bits per heavy atom. The number of thiol groups is 2. The molecule has 0 spiro atoms. The summed E-state index contributed by atoms with van der Waals surface area (Å²) < 4.78 is 59.3. The molecule has 0 aromatic heterocycles. The van der Waals surface area contributed by atoms with Gasteiger partial charge in [-0.3, -0.25) is 9.59 Å². The van der Waals surface area contributed by atoms with Gasteiger partial charge in [-0.1, -0.05) is 48.5 Å². The zero-order chi connectivity index (χ0) is 41.2. The van der Waals surface area contributed by atoms with E-state index in [1.807, 2.05) is 72.1 Å². The molecule has 0 fully saturated rings. The zero-order valence-electron chi connectivity index (χ0n) is 32.0. The molecule has 0 amide bonds. The van der Waals surface area contributed by atoms with Crippen LogP contribution in [0.3, 0.4) is 0 Å². The average molecular weight is 849 g/mol. The van der Waals surface area contributed by atoms with Crippen molar-refractivity contribution in [2.24, 2.45) is 0 Å². The van der Waals surface area contributed by atoms with Gasteiger partial charge in [0.1, 0.15) is 12.1 Å². The fourth-order valence-electron chi connectivity index (χ4n) is 6.60. The number of carboxylic acids is 2. The van der Waals surface area contributed by atoms with Crippen LogP contribution in [0, 0.1) is 0 Å². The first kappa shape index (κ1) is 45.1. The molecule has 2 unspecified atom stereocenters. The van der Waals surface area contributed by atoms with E-state index in [0.29, 0.717) is 59.2 Å². The van der Waals surface area contributed by atoms with Crippen LogP contribution in [-0.2, 0) is 29.6 Å². The molecule has 0 radical (unpaired) electrons. The summed E-state index contributed by atoms with van der Waals surface area (Å²) in [7, 11) is -1.05. The van der Waals surface area contributed by atoms with E-state index in [4.69, 9.17) is 0 Å². The van der Waals surface area contributed by atoms with Crippen LogP contribution in [0.5, 0.6) is 0 Å². The maximum absolute atomic E-state index is 13.6.